The van der Waals surface area contributed by atoms with Crippen LogP contribution in [-0.2, 0) is 0 Å². The molecule has 0 saturated carbocycles. The summed E-state index contributed by atoms with van der Waals surface area (Å²) in [5, 5.41) is 11.9. The third-order valence-corrected chi connectivity index (χ3v) is 3.60. The minimum atomic E-state index is -0.698. The second kappa shape index (κ2) is 6.02. The van der Waals surface area contributed by atoms with Crippen LogP contribution in [0.1, 0.15) is 30.1 Å². The molecule has 0 radical (unpaired) electrons. The predicted octanol–water partition coefficient (Wildman–Crippen LogP) is 1.75. The van der Waals surface area contributed by atoms with Gasteiger partial charge in [0.05, 0.1) is 5.56 Å². The Morgan fingerprint density at radius 3 is 3.05 bits per heavy atom. The average Bonchev–Trinajstić information content (AvgIpc) is 2.83. The number of nitrogens with zero attached hydrogens (tertiary/aromatic N) is 1. The highest BCUT2D eigenvalue weighted by Gasteiger charge is 2.23. The van der Waals surface area contributed by atoms with Crippen LogP contribution in [0.15, 0.2) is 18.2 Å². The molecule has 1 amide bonds. The number of phenolic OH excluding ortho intramolecular Hbond substituents is 1. The first kappa shape index (κ1) is 13.8. The van der Waals surface area contributed by atoms with E-state index < -0.39 is 11.7 Å². The van der Waals surface area contributed by atoms with Gasteiger partial charge < -0.3 is 10.4 Å². The Hall–Kier alpha value is -1.62. The molecule has 1 fully saturated rings. The summed E-state index contributed by atoms with van der Waals surface area (Å²) in [4.78, 5) is 14.2. The first-order chi connectivity index (χ1) is 9.11. The summed E-state index contributed by atoms with van der Waals surface area (Å²) < 4.78 is 13.5. The van der Waals surface area contributed by atoms with Crippen molar-refractivity contribution in [2.24, 2.45) is 0 Å². The molecule has 1 atom stereocenters. The van der Waals surface area contributed by atoms with Crippen LogP contribution in [0, 0.1) is 5.82 Å². The fourth-order valence-corrected chi connectivity index (χ4v) is 2.54. The van der Waals surface area contributed by atoms with Gasteiger partial charge in [-0.25, -0.2) is 4.39 Å². The highest BCUT2D eigenvalue weighted by molar-refractivity contribution is 5.94. The van der Waals surface area contributed by atoms with E-state index in [4.69, 9.17) is 5.11 Å². The maximum atomic E-state index is 13.5. The van der Waals surface area contributed by atoms with Crippen molar-refractivity contribution in [3.63, 3.8) is 0 Å². The molecule has 1 aromatic carbocycles. The maximum absolute atomic E-state index is 13.5. The molecule has 19 heavy (non-hydrogen) atoms. The standard InChI is InChI=1S/C14H19FN2O2/c1-2-17-7-3-4-10(17)9-16-14(19)12-6-5-11(18)8-13(12)15/h5-6,8,10,18H,2-4,7,9H2,1H3,(H,16,19). The summed E-state index contributed by atoms with van der Waals surface area (Å²) in [6.45, 7) is 4.66. The molecule has 0 aliphatic carbocycles. The number of rotatable bonds is 4. The number of nitrogens with one attached hydrogen (secondary N) is 1. The minimum absolute atomic E-state index is 0.0288. The fourth-order valence-electron chi connectivity index (χ4n) is 2.54. The van der Waals surface area contributed by atoms with Gasteiger partial charge in [0, 0.05) is 18.7 Å². The topological polar surface area (TPSA) is 52.6 Å². The molecule has 2 N–H and O–H groups in total. The van der Waals surface area contributed by atoms with Crippen molar-refractivity contribution in [2.75, 3.05) is 19.6 Å². The Morgan fingerprint density at radius 2 is 2.37 bits per heavy atom. The molecular weight excluding hydrogens is 247 g/mol. The average molecular weight is 266 g/mol. The zero-order valence-electron chi connectivity index (χ0n) is 11.0. The smallest absolute Gasteiger partial charge is 0.254 e. The quantitative estimate of drug-likeness (QED) is 0.873. The van der Waals surface area contributed by atoms with E-state index in [0.29, 0.717) is 12.6 Å². The van der Waals surface area contributed by atoms with Crippen molar-refractivity contribution in [3.05, 3.63) is 29.6 Å². The number of likely N-dealkylation sites (N-methyl/N-ethyl adjacent to an activating group) is 1. The number of aromatic hydroxyl groups is 1. The van der Waals surface area contributed by atoms with Crippen LogP contribution < -0.4 is 5.32 Å². The van der Waals surface area contributed by atoms with Gasteiger partial charge in [-0.05, 0) is 38.1 Å². The van der Waals surface area contributed by atoms with Gasteiger partial charge in [-0.2, -0.15) is 0 Å². The van der Waals surface area contributed by atoms with Crippen molar-refractivity contribution in [3.8, 4) is 5.75 Å². The van der Waals surface area contributed by atoms with Crippen molar-refractivity contribution >= 4 is 5.91 Å². The summed E-state index contributed by atoms with van der Waals surface area (Å²) in [6.07, 6.45) is 2.20. The summed E-state index contributed by atoms with van der Waals surface area (Å²) in [7, 11) is 0. The van der Waals surface area contributed by atoms with Crippen LogP contribution in [0.4, 0.5) is 4.39 Å². The third-order valence-electron chi connectivity index (χ3n) is 3.60. The van der Waals surface area contributed by atoms with Crippen molar-refractivity contribution in [2.45, 2.75) is 25.8 Å². The Kier molecular flexibility index (Phi) is 4.37. The number of benzene rings is 1. The number of carbonyl (C=O) groups excluding carboxylic acids is 1. The predicted molar refractivity (Wildman–Crippen MR) is 70.7 cm³/mol. The van der Waals surface area contributed by atoms with Gasteiger partial charge in [-0.15, -0.1) is 0 Å². The number of phenols is 1. The Labute approximate surface area is 112 Å². The number of carbonyl (C=O) groups is 1. The number of amides is 1. The lowest BCUT2D eigenvalue weighted by atomic mass is 10.1. The zero-order valence-corrected chi connectivity index (χ0v) is 11.0. The molecule has 1 saturated heterocycles. The van der Waals surface area contributed by atoms with Crippen molar-refractivity contribution < 1.29 is 14.3 Å². The first-order valence-electron chi connectivity index (χ1n) is 6.62. The van der Waals surface area contributed by atoms with Crippen LogP contribution in [0.25, 0.3) is 0 Å². The highest BCUT2D eigenvalue weighted by Crippen LogP contribution is 2.17. The van der Waals surface area contributed by atoms with Crippen molar-refractivity contribution in [1.82, 2.24) is 10.2 Å². The van der Waals surface area contributed by atoms with Gasteiger partial charge in [-0.3, -0.25) is 9.69 Å². The summed E-state index contributed by atoms with van der Waals surface area (Å²) in [6, 6.07) is 3.90. The molecule has 1 unspecified atom stereocenters. The van der Waals surface area contributed by atoms with Gasteiger partial charge >= 0.3 is 0 Å². The second-order valence-corrected chi connectivity index (χ2v) is 4.80. The molecule has 2 rings (SSSR count). The molecule has 0 spiro atoms. The van der Waals surface area contributed by atoms with E-state index in [9.17, 15) is 9.18 Å². The van der Waals surface area contributed by atoms with Gasteiger partial charge in [0.15, 0.2) is 0 Å². The van der Waals surface area contributed by atoms with Crippen LogP contribution in [-0.4, -0.2) is 41.6 Å². The normalized spacial score (nSPS) is 19.6. The molecule has 1 aromatic rings. The summed E-state index contributed by atoms with van der Waals surface area (Å²) >= 11 is 0. The molecular formula is C14H19FN2O2. The molecule has 0 bridgehead atoms. The Morgan fingerprint density at radius 1 is 1.58 bits per heavy atom. The van der Waals surface area contributed by atoms with E-state index in [1.807, 2.05) is 0 Å². The molecule has 1 heterocycles. The lowest BCUT2D eigenvalue weighted by Crippen LogP contribution is -2.40. The van der Waals surface area contributed by atoms with E-state index in [-0.39, 0.29) is 11.3 Å². The van der Waals surface area contributed by atoms with E-state index in [0.717, 1.165) is 32.0 Å². The van der Waals surface area contributed by atoms with E-state index in [2.05, 4.69) is 17.1 Å². The van der Waals surface area contributed by atoms with Crippen molar-refractivity contribution in [1.29, 1.82) is 0 Å². The first-order valence-corrected chi connectivity index (χ1v) is 6.62. The SMILES string of the molecule is CCN1CCCC1CNC(=O)c1ccc(O)cc1F. The van der Waals surface area contributed by atoms with E-state index in [1.54, 1.807) is 0 Å². The van der Waals surface area contributed by atoms with Crippen LogP contribution in [0.2, 0.25) is 0 Å². The second-order valence-electron chi connectivity index (χ2n) is 4.80. The van der Waals surface area contributed by atoms with E-state index in [1.165, 1.54) is 12.1 Å². The largest absolute Gasteiger partial charge is 0.508 e. The summed E-state index contributed by atoms with van der Waals surface area (Å²) in [5.41, 5.74) is -0.0288. The molecule has 1 aliphatic rings. The zero-order chi connectivity index (χ0) is 13.8. The lowest BCUT2D eigenvalue weighted by molar-refractivity contribution is 0.0937. The Balaban J connectivity index is 1.94. The number of likely N-dealkylation sites (tertiary alicyclic amines) is 1. The minimum Gasteiger partial charge on any atom is -0.508 e. The summed E-state index contributed by atoms with van der Waals surface area (Å²) in [5.74, 6) is -1.31. The highest BCUT2D eigenvalue weighted by atomic mass is 19.1. The molecule has 5 heteroatoms. The lowest BCUT2D eigenvalue weighted by Gasteiger charge is -2.22. The maximum Gasteiger partial charge on any atom is 0.254 e. The van der Waals surface area contributed by atoms with Crippen LogP contribution >= 0.6 is 0 Å². The van der Waals surface area contributed by atoms with Crippen LogP contribution in [0.5, 0.6) is 5.75 Å². The van der Waals surface area contributed by atoms with Gasteiger partial charge in [0.1, 0.15) is 11.6 Å². The van der Waals surface area contributed by atoms with Crippen LogP contribution in [0.3, 0.4) is 0 Å². The molecule has 104 valence electrons. The monoisotopic (exact) mass is 266 g/mol. The molecule has 0 aromatic heterocycles. The number of hydrogen-bond acceptors (Lipinski definition) is 3. The molecule has 4 nitrogen and oxygen atoms in total. The van der Waals surface area contributed by atoms with Gasteiger partial charge in [0.2, 0.25) is 0 Å². The Bertz CT molecular complexity index is 465. The third kappa shape index (κ3) is 3.23. The fraction of sp³-hybridized carbons (Fsp3) is 0.500. The van der Waals surface area contributed by atoms with E-state index >= 15 is 0 Å². The van der Waals surface area contributed by atoms with Gasteiger partial charge in [-0.1, -0.05) is 6.92 Å². The number of halogens is 1. The molecule has 1 aliphatic heterocycles. The van der Waals surface area contributed by atoms with Gasteiger partial charge in [0.25, 0.3) is 5.91 Å². The number of hydrogen-bond donors (Lipinski definition) is 2.